The molecule has 0 aliphatic heterocycles. The zero-order chi connectivity index (χ0) is 10.4. The average molecular weight is 194 g/mol. The summed E-state index contributed by atoms with van der Waals surface area (Å²) in [6, 6.07) is 8.12. The summed E-state index contributed by atoms with van der Waals surface area (Å²) < 4.78 is 10.8. The topological polar surface area (TPSA) is 18.5 Å². The quantitative estimate of drug-likeness (QED) is 0.717. The minimum absolute atomic E-state index is 0.139. The maximum Gasteiger partial charge on any atom is 0.122 e. The summed E-state index contributed by atoms with van der Waals surface area (Å²) in [6.45, 7) is 4.73. The standard InChI is InChI=1S/C12H18O2/c1-4-11-7-5-6-8-12(11)14-9-10(2)13-3/h5-8,10H,4,9H2,1-3H3. The fraction of sp³-hybridized carbons (Fsp3) is 0.500. The molecule has 0 heterocycles. The van der Waals surface area contributed by atoms with Gasteiger partial charge in [-0.3, -0.25) is 0 Å². The molecule has 2 heteroatoms. The van der Waals surface area contributed by atoms with Crippen molar-refractivity contribution in [3.8, 4) is 5.75 Å². The molecule has 0 saturated heterocycles. The second-order valence-electron chi connectivity index (χ2n) is 3.32. The van der Waals surface area contributed by atoms with E-state index in [1.807, 2.05) is 25.1 Å². The highest BCUT2D eigenvalue weighted by molar-refractivity contribution is 5.33. The van der Waals surface area contributed by atoms with Gasteiger partial charge in [0.2, 0.25) is 0 Å². The monoisotopic (exact) mass is 194 g/mol. The van der Waals surface area contributed by atoms with E-state index in [1.54, 1.807) is 7.11 Å². The van der Waals surface area contributed by atoms with Crippen LogP contribution in [0, 0.1) is 0 Å². The molecular formula is C12H18O2. The molecule has 78 valence electrons. The number of para-hydroxylation sites is 1. The van der Waals surface area contributed by atoms with E-state index < -0.39 is 0 Å². The zero-order valence-electron chi connectivity index (χ0n) is 9.12. The van der Waals surface area contributed by atoms with Crippen molar-refractivity contribution in [1.29, 1.82) is 0 Å². The third kappa shape index (κ3) is 3.04. The molecule has 0 aromatic heterocycles. The molecule has 1 atom stereocenters. The molecule has 0 spiro atoms. The first-order chi connectivity index (χ1) is 6.77. The molecule has 2 nitrogen and oxygen atoms in total. The van der Waals surface area contributed by atoms with E-state index in [2.05, 4.69) is 13.0 Å². The molecule has 0 aliphatic rings. The van der Waals surface area contributed by atoms with E-state index in [0.29, 0.717) is 6.61 Å². The van der Waals surface area contributed by atoms with Gasteiger partial charge in [0.1, 0.15) is 12.4 Å². The lowest BCUT2D eigenvalue weighted by Gasteiger charge is -2.13. The number of rotatable bonds is 5. The van der Waals surface area contributed by atoms with Crippen LogP contribution in [0.2, 0.25) is 0 Å². The summed E-state index contributed by atoms with van der Waals surface area (Å²) in [5.74, 6) is 0.971. The zero-order valence-corrected chi connectivity index (χ0v) is 9.12. The minimum Gasteiger partial charge on any atom is -0.491 e. The van der Waals surface area contributed by atoms with Crippen molar-refractivity contribution in [1.82, 2.24) is 0 Å². The molecule has 1 unspecified atom stereocenters. The Morgan fingerprint density at radius 2 is 2.00 bits per heavy atom. The molecular weight excluding hydrogens is 176 g/mol. The smallest absolute Gasteiger partial charge is 0.122 e. The lowest BCUT2D eigenvalue weighted by molar-refractivity contribution is 0.0713. The van der Waals surface area contributed by atoms with Gasteiger partial charge in [-0.05, 0) is 25.0 Å². The molecule has 0 radical (unpaired) electrons. The maximum absolute atomic E-state index is 5.66. The molecule has 0 bridgehead atoms. The van der Waals surface area contributed by atoms with Crippen molar-refractivity contribution in [2.24, 2.45) is 0 Å². The van der Waals surface area contributed by atoms with Gasteiger partial charge in [0.05, 0.1) is 6.10 Å². The van der Waals surface area contributed by atoms with E-state index in [9.17, 15) is 0 Å². The summed E-state index contributed by atoms with van der Waals surface area (Å²) in [5.41, 5.74) is 1.25. The van der Waals surface area contributed by atoms with E-state index in [4.69, 9.17) is 9.47 Å². The highest BCUT2D eigenvalue weighted by Gasteiger charge is 2.03. The summed E-state index contributed by atoms with van der Waals surface area (Å²) in [5, 5.41) is 0. The molecule has 14 heavy (non-hydrogen) atoms. The van der Waals surface area contributed by atoms with Gasteiger partial charge in [-0.2, -0.15) is 0 Å². The summed E-state index contributed by atoms with van der Waals surface area (Å²) in [6.07, 6.45) is 1.14. The number of ether oxygens (including phenoxy) is 2. The summed E-state index contributed by atoms with van der Waals surface area (Å²) in [4.78, 5) is 0. The molecule has 0 amide bonds. The van der Waals surface area contributed by atoms with Crippen LogP contribution in [-0.2, 0) is 11.2 Å². The maximum atomic E-state index is 5.66. The van der Waals surface area contributed by atoms with Crippen molar-refractivity contribution in [2.75, 3.05) is 13.7 Å². The fourth-order valence-corrected chi connectivity index (χ4v) is 1.21. The number of aryl methyl sites for hydroxylation is 1. The van der Waals surface area contributed by atoms with Gasteiger partial charge >= 0.3 is 0 Å². The predicted molar refractivity (Wildman–Crippen MR) is 57.8 cm³/mol. The molecule has 0 N–H and O–H groups in total. The second kappa shape index (κ2) is 5.66. The highest BCUT2D eigenvalue weighted by Crippen LogP contribution is 2.18. The molecule has 1 rings (SSSR count). The van der Waals surface area contributed by atoms with Crippen molar-refractivity contribution >= 4 is 0 Å². The number of benzene rings is 1. The van der Waals surface area contributed by atoms with Crippen LogP contribution < -0.4 is 4.74 Å². The number of methoxy groups -OCH3 is 1. The van der Waals surface area contributed by atoms with Gasteiger partial charge in [-0.15, -0.1) is 0 Å². The first-order valence-electron chi connectivity index (χ1n) is 5.01. The van der Waals surface area contributed by atoms with Crippen LogP contribution in [0.3, 0.4) is 0 Å². The Hall–Kier alpha value is -1.02. The van der Waals surface area contributed by atoms with E-state index in [1.165, 1.54) is 5.56 Å². The fourth-order valence-electron chi connectivity index (χ4n) is 1.21. The Labute approximate surface area is 85.8 Å². The number of hydrogen-bond acceptors (Lipinski definition) is 2. The first-order valence-corrected chi connectivity index (χ1v) is 5.01. The lowest BCUT2D eigenvalue weighted by Crippen LogP contribution is -2.16. The average Bonchev–Trinajstić information content (AvgIpc) is 2.26. The van der Waals surface area contributed by atoms with Crippen LogP contribution in [-0.4, -0.2) is 19.8 Å². The second-order valence-corrected chi connectivity index (χ2v) is 3.32. The lowest BCUT2D eigenvalue weighted by atomic mass is 10.1. The van der Waals surface area contributed by atoms with Crippen LogP contribution in [0.25, 0.3) is 0 Å². The van der Waals surface area contributed by atoms with Crippen LogP contribution in [0.4, 0.5) is 0 Å². The SMILES string of the molecule is CCc1ccccc1OCC(C)OC. The van der Waals surface area contributed by atoms with Crippen LogP contribution >= 0.6 is 0 Å². The Bertz CT molecular complexity index is 271. The number of hydrogen-bond donors (Lipinski definition) is 0. The third-order valence-electron chi connectivity index (χ3n) is 2.23. The van der Waals surface area contributed by atoms with E-state index >= 15 is 0 Å². The first kappa shape index (κ1) is 11.1. The molecule has 0 aliphatic carbocycles. The van der Waals surface area contributed by atoms with Crippen molar-refractivity contribution in [3.05, 3.63) is 29.8 Å². The van der Waals surface area contributed by atoms with Gasteiger partial charge in [0.15, 0.2) is 0 Å². The van der Waals surface area contributed by atoms with Crippen molar-refractivity contribution in [3.63, 3.8) is 0 Å². The van der Waals surface area contributed by atoms with Crippen LogP contribution in [0.5, 0.6) is 5.75 Å². The van der Waals surface area contributed by atoms with Crippen molar-refractivity contribution < 1.29 is 9.47 Å². The van der Waals surface area contributed by atoms with Gasteiger partial charge < -0.3 is 9.47 Å². The summed E-state index contributed by atoms with van der Waals surface area (Å²) >= 11 is 0. The summed E-state index contributed by atoms with van der Waals surface area (Å²) in [7, 11) is 1.69. The molecule has 1 aromatic rings. The molecule has 0 saturated carbocycles. The molecule has 0 fully saturated rings. The third-order valence-corrected chi connectivity index (χ3v) is 2.23. The Kier molecular flexibility index (Phi) is 4.47. The van der Waals surface area contributed by atoms with Gasteiger partial charge in [0.25, 0.3) is 0 Å². The van der Waals surface area contributed by atoms with E-state index in [-0.39, 0.29) is 6.10 Å². The van der Waals surface area contributed by atoms with Gasteiger partial charge in [0, 0.05) is 7.11 Å². The highest BCUT2D eigenvalue weighted by atomic mass is 16.5. The predicted octanol–water partition coefficient (Wildman–Crippen LogP) is 2.66. The minimum atomic E-state index is 0.139. The van der Waals surface area contributed by atoms with Crippen LogP contribution in [0.1, 0.15) is 19.4 Å². The Morgan fingerprint density at radius 3 is 2.64 bits per heavy atom. The Balaban J connectivity index is 2.57. The Morgan fingerprint density at radius 1 is 1.29 bits per heavy atom. The largest absolute Gasteiger partial charge is 0.491 e. The molecule has 1 aromatic carbocycles. The van der Waals surface area contributed by atoms with E-state index in [0.717, 1.165) is 12.2 Å². The van der Waals surface area contributed by atoms with Gasteiger partial charge in [-0.1, -0.05) is 25.1 Å². The van der Waals surface area contributed by atoms with Gasteiger partial charge in [-0.25, -0.2) is 0 Å². The van der Waals surface area contributed by atoms with Crippen LogP contribution in [0.15, 0.2) is 24.3 Å². The van der Waals surface area contributed by atoms with Crippen molar-refractivity contribution in [2.45, 2.75) is 26.4 Å². The normalized spacial score (nSPS) is 12.5.